The second kappa shape index (κ2) is 4.08. The van der Waals surface area contributed by atoms with Crippen LogP contribution in [0, 0.1) is 0 Å². The molecule has 0 saturated carbocycles. The first kappa shape index (κ1) is 11.8. The molecule has 0 amide bonds. The normalized spacial score (nSPS) is 16.3. The first-order chi connectivity index (χ1) is 6.33. The summed E-state index contributed by atoms with van der Waals surface area (Å²) < 4.78 is 12.2. The van der Waals surface area contributed by atoms with Crippen molar-refractivity contribution in [2.24, 2.45) is 0 Å². The summed E-state index contributed by atoms with van der Waals surface area (Å²) >= 11 is 6.10. The van der Waals surface area contributed by atoms with Crippen LogP contribution in [0.4, 0.5) is 0 Å². The summed E-state index contributed by atoms with van der Waals surface area (Å²) in [6.07, 6.45) is 0.471. The SMILES string of the molecule is CC(C)(C)P(=O)(Cl)Cc1ccccc1. The molecule has 0 radical (unpaired) electrons. The Labute approximate surface area is 90.6 Å². The Balaban J connectivity index is 2.85. The van der Waals surface area contributed by atoms with Crippen molar-refractivity contribution in [3.05, 3.63) is 35.9 Å². The average molecular weight is 231 g/mol. The van der Waals surface area contributed by atoms with Gasteiger partial charge in [0.25, 0.3) is 0 Å². The van der Waals surface area contributed by atoms with Gasteiger partial charge in [0.05, 0.1) is 0 Å². The fourth-order valence-corrected chi connectivity index (χ4v) is 2.62. The zero-order valence-electron chi connectivity index (χ0n) is 8.83. The highest BCUT2D eigenvalue weighted by atomic mass is 35.7. The van der Waals surface area contributed by atoms with Crippen LogP contribution in [-0.2, 0) is 10.7 Å². The van der Waals surface area contributed by atoms with Gasteiger partial charge in [-0.1, -0.05) is 62.3 Å². The third kappa shape index (κ3) is 2.87. The lowest BCUT2D eigenvalue weighted by Gasteiger charge is -2.25. The van der Waals surface area contributed by atoms with E-state index < -0.39 is 6.49 Å². The van der Waals surface area contributed by atoms with Gasteiger partial charge in [0.1, 0.15) is 0 Å². The minimum absolute atomic E-state index is 0.329. The molecule has 0 aliphatic heterocycles. The predicted molar refractivity (Wildman–Crippen MR) is 63.4 cm³/mol. The van der Waals surface area contributed by atoms with E-state index in [1.807, 2.05) is 51.1 Å². The molecule has 0 heterocycles. The van der Waals surface area contributed by atoms with Crippen molar-refractivity contribution < 1.29 is 4.57 Å². The maximum Gasteiger partial charge on any atom is 0.178 e. The van der Waals surface area contributed by atoms with Crippen molar-refractivity contribution in [3.63, 3.8) is 0 Å². The maximum atomic E-state index is 12.2. The fourth-order valence-electron chi connectivity index (χ4n) is 1.06. The summed E-state index contributed by atoms with van der Waals surface area (Å²) in [7, 11) is 0. The van der Waals surface area contributed by atoms with Crippen molar-refractivity contribution in [3.8, 4) is 0 Å². The van der Waals surface area contributed by atoms with Gasteiger partial charge in [-0.2, -0.15) is 0 Å². The molecule has 3 heteroatoms. The van der Waals surface area contributed by atoms with Crippen LogP contribution in [0.3, 0.4) is 0 Å². The zero-order chi connectivity index (χ0) is 10.8. The highest BCUT2D eigenvalue weighted by Crippen LogP contribution is 2.64. The molecule has 1 unspecified atom stereocenters. The van der Waals surface area contributed by atoms with E-state index in [-0.39, 0.29) is 5.16 Å². The highest BCUT2D eigenvalue weighted by molar-refractivity contribution is 7.89. The summed E-state index contributed by atoms with van der Waals surface area (Å²) in [4.78, 5) is 0. The molecule has 14 heavy (non-hydrogen) atoms. The standard InChI is InChI=1S/C11H16ClOP/c1-11(2,3)14(12,13)9-10-7-5-4-6-8-10/h4-8H,9H2,1-3H3. The van der Waals surface area contributed by atoms with Gasteiger partial charge in [0, 0.05) is 11.3 Å². The number of benzene rings is 1. The molecule has 1 rings (SSSR count). The van der Waals surface area contributed by atoms with Crippen molar-refractivity contribution in [1.29, 1.82) is 0 Å². The fraction of sp³-hybridized carbons (Fsp3) is 0.455. The van der Waals surface area contributed by atoms with Crippen molar-refractivity contribution >= 4 is 17.7 Å². The Morgan fingerprint density at radius 1 is 1.21 bits per heavy atom. The smallest absolute Gasteiger partial charge is 0.178 e. The summed E-state index contributed by atoms with van der Waals surface area (Å²) in [5.74, 6) is 0. The second-order valence-electron chi connectivity index (χ2n) is 4.47. The van der Waals surface area contributed by atoms with Crippen LogP contribution in [0.5, 0.6) is 0 Å². The van der Waals surface area contributed by atoms with Crippen LogP contribution in [0.1, 0.15) is 26.3 Å². The lowest BCUT2D eigenvalue weighted by Crippen LogP contribution is -2.12. The summed E-state index contributed by atoms with van der Waals surface area (Å²) in [5, 5.41) is -0.329. The molecule has 78 valence electrons. The van der Waals surface area contributed by atoms with E-state index in [9.17, 15) is 4.57 Å². The van der Waals surface area contributed by atoms with Crippen LogP contribution in [0.2, 0.25) is 0 Å². The Kier molecular flexibility index (Phi) is 3.44. The zero-order valence-corrected chi connectivity index (χ0v) is 10.5. The molecule has 1 atom stereocenters. The number of hydrogen-bond acceptors (Lipinski definition) is 1. The molecule has 1 aromatic rings. The molecular weight excluding hydrogens is 215 g/mol. The molecule has 0 aromatic heterocycles. The van der Waals surface area contributed by atoms with Crippen LogP contribution in [0.25, 0.3) is 0 Å². The Bertz CT molecular complexity index is 340. The topological polar surface area (TPSA) is 17.1 Å². The van der Waals surface area contributed by atoms with Gasteiger partial charge in [-0.3, -0.25) is 0 Å². The number of halogens is 1. The first-order valence-electron chi connectivity index (χ1n) is 4.66. The van der Waals surface area contributed by atoms with Crippen molar-refractivity contribution in [2.75, 3.05) is 0 Å². The monoisotopic (exact) mass is 230 g/mol. The van der Waals surface area contributed by atoms with E-state index in [0.29, 0.717) is 6.16 Å². The molecule has 0 spiro atoms. The van der Waals surface area contributed by atoms with Gasteiger partial charge in [-0.15, -0.1) is 0 Å². The van der Waals surface area contributed by atoms with Gasteiger partial charge in [0.2, 0.25) is 0 Å². The van der Waals surface area contributed by atoms with E-state index >= 15 is 0 Å². The molecule has 0 fully saturated rings. The predicted octanol–water partition coefficient (Wildman–Crippen LogP) is 4.50. The largest absolute Gasteiger partial charge is 0.306 e. The molecule has 0 aliphatic carbocycles. The number of rotatable bonds is 2. The summed E-state index contributed by atoms with van der Waals surface area (Å²) in [6, 6.07) is 9.74. The summed E-state index contributed by atoms with van der Waals surface area (Å²) in [6.45, 7) is 3.14. The van der Waals surface area contributed by atoms with Crippen molar-refractivity contribution in [1.82, 2.24) is 0 Å². The van der Waals surface area contributed by atoms with Gasteiger partial charge in [-0.25, -0.2) is 0 Å². The van der Waals surface area contributed by atoms with E-state index in [2.05, 4.69) is 0 Å². The molecule has 1 nitrogen and oxygen atoms in total. The van der Waals surface area contributed by atoms with Gasteiger partial charge < -0.3 is 4.57 Å². The lowest BCUT2D eigenvalue weighted by atomic mass is 10.2. The molecule has 0 N–H and O–H groups in total. The molecule has 0 bridgehead atoms. The lowest BCUT2D eigenvalue weighted by molar-refractivity contribution is 0.559. The Morgan fingerprint density at radius 2 is 1.71 bits per heavy atom. The third-order valence-electron chi connectivity index (χ3n) is 2.23. The molecular formula is C11H16ClOP. The second-order valence-corrected chi connectivity index (χ2v) is 9.07. The van der Waals surface area contributed by atoms with Gasteiger partial charge >= 0.3 is 0 Å². The van der Waals surface area contributed by atoms with E-state index in [4.69, 9.17) is 11.2 Å². The first-order valence-corrected chi connectivity index (χ1v) is 7.45. The van der Waals surface area contributed by atoms with Crippen LogP contribution in [0.15, 0.2) is 30.3 Å². The molecule has 0 saturated heterocycles. The minimum atomic E-state index is -2.63. The highest BCUT2D eigenvalue weighted by Gasteiger charge is 2.34. The molecule has 0 aliphatic rings. The summed E-state index contributed by atoms with van der Waals surface area (Å²) in [5.41, 5.74) is 1.04. The quantitative estimate of drug-likeness (QED) is 0.684. The maximum absolute atomic E-state index is 12.2. The van der Waals surface area contributed by atoms with E-state index in [0.717, 1.165) is 5.56 Å². The molecule has 1 aromatic carbocycles. The van der Waals surface area contributed by atoms with Gasteiger partial charge in [-0.05, 0) is 5.56 Å². The minimum Gasteiger partial charge on any atom is -0.306 e. The van der Waals surface area contributed by atoms with Crippen LogP contribution < -0.4 is 0 Å². The van der Waals surface area contributed by atoms with Gasteiger partial charge in [0.15, 0.2) is 6.49 Å². The van der Waals surface area contributed by atoms with E-state index in [1.54, 1.807) is 0 Å². The average Bonchev–Trinajstić information content (AvgIpc) is 2.03. The van der Waals surface area contributed by atoms with Crippen molar-refractivity contribution in [2.45, 2.75) is 32.1 Å². The number of hydrogen-bond donors (Lipinski definition) is 0. The van der Waals surface area contributed by atoms with E-state index in [1.165, 1.54) is 0 Å². The Morgan fingerprint density at radius 3 is 2.14 bits per heavy atom. The van der Waals surface area contributed by atoms with Crippen LogP contribution >= 0.6 is 17.7 Å². The third-order valence-corrected chi connectivity index (χ3v) is 6.89. The van der Waals surface area contributed by atoms with Crippen LogP contribution in [-0.4, -0.2) is 5.16 Å². The Hall–Kier alpha value is -0.260.